The van der Waals surface area contributed by atoms with Crippen LogP contribution in [0.4, 0.5) is 0 Å². The zero-order chi connectivity index (χ0) is 15.6. The number of pyridine rings is 1. The van der Waals surface area contributed by atoms with Crippen LogP contribution in [-0.4, -0.2) is 26.0 Å². The van der Waals surface area contributed by atoms with Gasteiger partial charge in [0.2, 0.25) is 10.0 Å². The number of rotatable bonds is 5. The summed E-state index contributed by atoms with van der Waals surface area (Å²) in [5.74, 6) is 0.212. The predicted octanol–water partition coefficient (Wildman–Crippen LogP) is 2.23. The number of nitrogens with one attached hydrogen (secondary N) is 1. The summed E-state index contributed by atoms with van der Waals surface area (Å²) in [7, 11) is -3.60. The Kier molecular flexibility index (Phi) is 6.31. The fourth-order valence-corrected chi connectivity index (χ4v) is 3.31. The number of nitrogens with two attached hydrogens (primary N) is 1. The van der Waals surface area contributed by atoms with Gasteiger partial charge < -0.3 is 5.73 Å². The van der Waals surface area contributed by atoms with Gasteiger partial charge in [-0.2, -0.15) is 0 Å². The SMILES string of the molecule is Cc1ccc(S(=O)(=O)NCC(N)C(C)C)c2cccnc12.Cl. The van der Waals surface area contributed by atoms with Crippen LogP contribution in [0, 0.1) is 12.8 Å². The minimum Gasteiger partial charge on any atom is -0.326 e. The summed E-state index contributed by atoms with van der Waals surface area (Å²) in [5, 5.41) is 0.628. The van der Waals surface area contributed by atoms with E-state index in [1.54, 1.807) is 30.5 Å². The Hall–Kier alpha value is -1.21. The molecule has 0 spiro atoms. The normalized spacial score (nSPS) is 13.1. The molecule has 0 bridgehead atoms. The fraction of sp³-hybridized carbons (Fsp3) is 0.400. The van der Waals surface area contributed by atoms with Gasteiger partial charge in [-0.1, -0.05) is 19.9 Å². The van der Waals surface area contributed by atoms with Crippen LogP contribution in [-0.2, 0) is 10.0 Å². The van der Waals surface area contributed by atoms with Crippen LogP contribution in [0.1, 0.15) is 19.4 Å². The molecule has 2 rings (SSSR count). The molecule has 0 radical (unpaired) electrons. The predicted molar refractivity (Wildman–Crippen MR) is 91.7 cm³/mol. The Morgan fingerprint density at radius 1 is 1.27 bits per heavy atom. The lowest BCUT2D eigenvalue weighted by atomic mass is 10.1. The lowest BCUT2D eigenvalue weighted by Gasteiger charge is -2.17. The minimum absolute atomic E-state index is 0. The average molecular weight is 344 g/mol. The Balaban J connectivity index is 0.00000242. The maximum Gasteiger partial charge on any atom is 0.241 e. The van der Waals surface area contributed by atoms with Crippen LogP contribution in [0.5, 0.6) is 0 Å². The summed E-state index contributed by atoms with van der Waals surface area (Å²) in [6.07, 6.45) is 1.66. The van der Waals surface area contributed by atoms with Crippen LogP contribution >= 0.6 is 12.4 Å². The van der Waals surface area contributed by atoms with Gasteiger partial charge in [-0.05, 0) is 36.6 Å². The average Bonchev–Trinajstić information content (AvgIpc) is 2.45. The number of hydrogen-bond donors (Lipinski definition) is 2. The van der Waals surface area contributed by atoms with Gasteiger partial charge in [-0.3, -0.25) is 4.98 Å². The van der Waals surface area contributed by atoms with Crippen molar-refractivity contribution in [1.29, 1.82) is 0 Å². The van der Waals surface area contributed by atoms with Gasteiger partial charge in [0.15, 0.2) is 0 Å². The Labute approximate surface area is 137 Å². The fourth-order valence-electron chi connectivity index (χ4n) is 2.04. The van der Waals surface area contributed by atoms with Crippen LogP contribution in [0.2, 0.25) is 0 Å². The highest BCUT2D eigenvalue weighted by molar-refractivity contribution is 7.89. The van der Waals surface area contributed by atoms with Gasteiger partial charge in [-0.15, -0.1) is 12.4 Å². The maximum absolute atomic E-state index is 12.5. The molecule has 0 aliphatic heterocycles. The summed E-state index contributed by atoms with van der Waals surface area (Å²) in [5.41, 5.74) is 7.55. The molecule has 5 nitrogen and oxygen atoms in total. The van der Waals surface area contributed by atoms with Crippen molar-refractivity contribution >= 4 is 33.3 Å². The highest BCUT2D eigenvalue weighted by Gasteiger charge is 2.20. The van der Waals surface area contributed by atoms with Crippen LogP contribution in [0.15, 0.2) is 35.4 Å². The molecule has 1 unspecified atom stereocenters. The van der Waals surface area contributed by atoms with Gasteiger partial charge >= 0.3 is 0 Å². The van der Waals surface area contributed by atoms with E-state index in [-0.39, 0.29) is 35.8 Å². The summed E-state index contributed by atoms with van der Waals surface area (Å²) in [6, 6.07) is 6.68. The topological polar surface area (TPSA) is 85.1 Å². The molecule has 0 aliphatic rings. The molecule has 0 saturated carbocycles. The first-order chi connectivity index (χ1) is 9.83. The minimum atomic E-state index is -3.60. The number of benzene rings is 1. The number of aryl methyl sites for hydroxylation is 1. The van der Waals surface area contributed by atoms with Crippen LogP contribution in [0.25, 0.3) is 10.9 Å². The number of halogens is 1. The summed E-state index contributed by atoms with van der Waals surface area (Å²) >= 11 is 0. The van der Waals surface area contributed by atoms with E-state index in [0.29, 0.717) is 10.9 Å². The molecule has 0 fully saturated rings. The van der Waals surface area contributed by atoms with Crippen molar-refractivity contribution in [3.05, 3.63) is 36.0 Å². The molecule has 122 valence electrons. The first-order valence-corrected chi connectivity index (χ1v) is 8.41. The van der Waals surface area contributed by atoms with Crippen molar-refractivity contribution in [3.8, 4) is 0 Å². The second-order valence-electron chi connectivity index (χ2n) is 5.54. The number of sulfonamides is 1. The first kappa shape index (κ1) is 18.8. The number of fused-ring (bicyclic) bond motifs is 1. The van der Waals surface area contributed by atoms with Crippen LogP contribution in [0.3, 0.4) is 0 Å². The van der Waals surface area contributed by atoms with Crippen molar-refractivity contribution in [1.82, 2.24) is 9.71 Å². The van der Waals surface area contributed by atoms with Crippen molar-refractivity contribution in [2.24, 2.45) is 11.7 Å². The van der Waals surface area contributed by atoms with E-state index in [9.17, 15) is 8.42 Å². The molecular formula is C15H22ClN3O2S. The molecule has 0 amide bonds. The van der Waals surface area contributed by atoms with Gasteiger partial charge in [0.05, 0.1) is 10.4 Å². The van der Waals surface area contributed by atoms with Crippen LogP contribution < -0.4 is 10.5 Å². The molecule has 1 heterocycles. The lowest BCUT2D eigenvalue weighted by molar-refractivity contribution is 0.481. The Bertz CT molecular complexity index is 748. The van der Waals surface area contributed by atoms with E-state index in [4.69, 9.17) is 5.73 Å². The summed E-state index contributed by atoms with van der Waals surface area (Å²) < 4.78 is 27.6. The second-order valence-corrected chi connectivity index (χ2v) is 7.28. The molecule has 7 heteroatoms. The molecule has 1 aromatic carbocycles. The summed E-state index contributed by atoms with van der Waals surface area (Å²) in [6.45, 7) is 6.05. The van der Waals surface area contributed by atoms with E-state index >= 15 is 0 Å². The third kappa shape index (κ3) is 3.95. The third-order valence-electron chi connectivity index (χ3n) is 3.59. The smallest absolute Gasteiger partial charge is 0.241 e. The molecule has 1 aromatic heterocycles. The van der Waals surface area contributed by atoms with E-state index in [0.717, 1.165) is 5.56 Å². The number of aromatic nitrogens is 1. The zero-order valence-electron chi connectivity index (χ0n) is 12.9. The van der Waals surface area contributed by atoms with Crippen molar-refractivity contribution in [2.45, 2.75) is 31.7 Å². The zero-order valence-corrected chi connectivity index (χ0v) is 14.5. The molecular weight excluding hydrogens is 322 g/mol. The second kappa shape index (κ2) is 7.37. The maximum atomic E-state index is 12.5. The van der Waals surface area contributed by atoms with Crippen molar-refractivity contribution in [3.63, 3.8) is 0 Å². The quantitative estimate of drug-likeness (QED) is 0.871. The summed E-state index contributed by atoms with van der Waals surface area (Å²) in [4.78, 5) is 4.50. The monoisotopic (exact) mass is 343 g/mol. The van der Waals surface area contributed by atoms with E-state index in [1.807, 2.05) is 20.8 Å². The standard InChI is InChI=1S/C15H21N3O2S.ClH/c1-10(2)13(16)9-18-21(19,20)14-7-6-11(3)15-12(14)5-4-8-17-15;/h4-8,10,13,18H,9,16H2,1-3H3;1H. The van der Waals surface area contributed by atoms with Crippen molar-refractivity contribution < 1.29 is 8.42 Å². The first-order valence-electron chi connectivity index (χ1n) is 6.92. The van der Waals surface area contributed by atoms with Crippen molar-refractivity contribution in [2.75, 3.05) is 6.54 Å². The Morgan fingerprint density at radius 2 is 1.95 bits per heavy atom. The van der Waals surface area contributed by atoms with E-state index < -0.39 is 10.0 Å². The number of nitrogens with zero attached hydrogens (tertiary/aromatic N) is 1. The highest BCUT2D eigenvalue weighted by Crippen LogP contribution is 2.24. The molecule has 22 heavy (non-hydrogen) atoms. The Morgan fingerprint density at radius 3 is 2.59 bits per heavy atom. The number of hydrogen-bond acceptors (Lipinski definition) is 4. The molecule has 2 aromatic rings. The molecule has 1 atom stereocenters. The van der Waals surface area contributed by atoms with Gasteiger partial charge in [0, 0.05) is 24.2 Å². The highest BCUT2D eigenvalue weighted by atomic mass is 35.5. The van der Waals surface area contributed by atoms with E-state index in [2.05, 4.69) is 9.71 Å². The van der Waals surface area contributed by atoms with Gasteiger partial charge in [0.1, 0.15) is 0 Å². The van der Waals surface area contributed by atoms with Gasteiger partial charge in [0.25, 0.3) is 0 Å². The lowest BCUT2D eigenvalue weighted by Crippen LogP contribution is -2.40. The molecule has 0 saturated heterocycles. The molecule has 0 aliphatic carbocycles. The largest absolute Gasteiger partial charge is 0.326 e. The molecule has 3 N–H and O–H groups in total. The third-order valence-corrected chi connectivity index (χ3v) is 5.07. The van der Waals surface area contributed by atoms with E-state index in [1.165, 1.54) is 0 Å². The van der Waals surface area contributed by atoms with Gasteiger partial charge in [-0.25, -0.2) is 13.1 Å².